The van der Waals surface area contributed by atoms with Gasteiger partial charge in [-0.1, -0.05) is 12.1 Å². The zero-order chi connectivity index (χ0) is 21.6. The van der Waals surface area contributed by atoms with Crippen LogP contribution in [0.1, 0.15) is 6.92 Å². The van der Waals surface area contributed by atoms with Crippen molar-refractivity contribution in [2.24, 2.45) is 5.73 Å². The maximum Gasteiger partial charge on any atom is 0.239 e. The van der Waals surface area contributed by atoms with Crippen molar-refractivity contribution in [3.63, 3.8) is 0 Å². The summed E-state index contributed by atoms with van der Waals surface area (Å²) in [5.41, 5.74) is 9.98. The van der Waals surface area contributed by atoms with Crippen molar-refractivity contribution in [1.82, 2.24) is 9.97 Å². The quantitative estimate of drug-likeness (QED) is 0.542. The van der Waals surface area contributed by atoms with Crippen molar-refractivity contribution in [1.29, 1.82) is 0 Å². The second-order valence-corrected chi connectivity index (χ2v) is 7.38. The fourth-order valence-corrected chi connectivity index (χ4v) is 3.34. The van der Waals surface area contributed by atoms with Gasteiger partial charge in [0.2, 0.25) is 11.9 Å². The van der Waals surface area contributed by atoms with E-state index in [1.807, 2.05) is 42.5 Å². The van der Waals surface area contributed by atoms with E-state index in [2.05, 4.69) is 37.6 Å². The number of nitrogens with zero attached hydrogens (tertiary/aromatic N) is 3. The summed E-state index contributed by atoms with van der Waals surface area (Å²) in [5.74, 6) is 0.134. The summed E-state index contributed by atoms with van der Waals surface area (Å²) in [6.45, 7) is 5.08. The fourth-order valence-electron chi connectivity index (χ4n) is 3.34. The number of aromatic nitrogens is 2. The molecule has 1 saturated heterocycles. The van der Waals surface area contributed by atoms with Crippen molar-refractivity contribution in [3.8, 4) is 11.3 Å². The Hall–Kier alpha value is -3.65. The number of rotatable bonds is 7. The van der Waals surface area contributed by atoms with Crippen molar-refractivity contribution in [2.45, 2.75) is 13.0 Å². The first-order chi connectivity index (χ1) is 15.1. The normalized spacial score (nSPS) is 14.7. The van der Waals surface area contributed by atoms with E-state index < -0.39 is 11.9 Å². The molecule has 31 heavy (non-hydrogen) atoms. The van der Waals surface area contributed by atoms with Gasteiger partial charge in [0.25, 0.3) is 0 Å². The van der Waals surface area contributed by atoms with Crippen LogP contribution in [0.4, 0.5) is 23.0 Å². The number of hydrogen-bond donors (Lipinski definition) is 3. The van der Waals surface area contributed by atoms with Gasteiger partial charge in [-0.25, -0.2) is 9.97 Å². The van der Waals surface area contributed by atoms with E-state index in [1.165, 1.54) is 5.69 Å². The number of ether oxygens (including phenoxy) is 1. The summed E-state index contributed by atoms with van der Waals surface area (Å²) in [4.78, 5) is 22.5. The molecule has 0 radical (unpaired) electrons. The number of carbonyl (C=O) groups excluding carboxylic acids is 1. The lowest BCUT2D eigenvalue weighted by atomic mass is 10.1. The summed E-state index contributed by atoms with van der Waals surface area (Å²) in [6.07, 6.45) is 1.73. The van der Waals surface area contributed by atoms with Crippen molar-refractivity contribution in [3.05, 3.63) is 60.8 Å². The van der Waals surface area contributed by atoms with Crippen LogP contribution in [0.5, 0.6) is 0 Å². The van der Waals surface area contributed by atoms with Gasteiger partial charge in [-0.2, -0.15) is 0 Å². The Morgan fingerprint density at radius 1 is 1.03 bits per heavy atom. The van der Waals surface area contributed by atoms with E-state index in [-0.39, 0.29) is 0 Å². The Morgan fingerprint density at radius 2 is 1.71 bits per heavy atom. The van der Waals surface area contributed by atoms with Gasteiger partial charge < -0.3 is 26.0 Å². The zero-order valence-electron chi connectivity index (χ0n) is 17.4. The Kier molecular flexibility index (Phi) is 6.28. The van der Waals surface area contributed by atoms with Gasteiger partial charge in [0, 0.05) is 41.9 Å². The van der Waals surface area contributed by atoms with Gasteiger partial charge in [-0.15, -0.1) is 0 Å². The zero-order valence-corrected chi connectivity index (χ0v) is 17.4. The highest BCUT2D eigenvalue weighted by molar-refractivity contribution is 5.82. The van der Waals surface area contributed by atoms with Gasteiger partial charge in [-0.05, 0) is 49.4 Å². The maximum atomic E-state index is 11.2. The average molecular weight is 419 g/mol. The molecule has 1 amide bonds. The third-order valence-electron chi connectivity index (χ3n) is 5.15. The van der Waals surface area contributed by atoms with E-state index in [1.54, 1.807) is 13.1 Å². The molecule has 0 spiro atoms. The van der Waals surface area contributed by atoms with E-state index in [0.717, 1.165) is 48.9 Å². The van der Waals surface area contributed by atoms with E-state index in [9.17, 15) is 4.79 Å². The topological polar surface area (TPSA) is 105 Å². The molecule has 8 heteroatoms. The fraction of sp³-hybridized carbons (Fsp3) is 0.261. The largest absolute Gasteiger partial charge is 0.378 e. The predicted octanol–water partition coefficient (Wildman–Crippen LogP) is 3.01. The van der Waals surface area contributed by atoms with Gasteiger partial charge in [0.05, 0.1) is 18.9 Å². The number of nitrogens with one attached hydrogen (secondary N) is 2. The number of amides is 1. The molecule has 2 aromatic carbocycles. The Balaban J connectivity index is 1.43. The predicted molar refractivity (Wildman–Crippen MR) is 123 cm³/mol. The third kappa shape index (κ3) is 5.29. The number of primary amides is 1. The molecule has 2 heterocycles. The van der Waals surface area contributed by atoms with Gasteiger partial charge in [0.15, 0.2) is 0 Å². The molecule has 1 aliphatic heterocycles. The molecule has 1 atom stereocenters. The summed E-state index contributed by atoms with van der Waals surface area (Å²) >= 11 is 0. The van der Waals surface area contributed by atoms with Gasteiger partial charge in [-0.3, -0.25) is 4.79 Å². The molecular formula is C23H26N6O2. The van der Waals surface area contributed by atoms with Crippen LogP contribution >= 0.6 is 0 Å². The highest BCUT2D eigenvalue weighted by atomic mass is 16.5. The van der Waals surface area contributed by atoms with Crippen molar-refractivity contribution in [2.75, 3.05) is 41.8 Å². The molecule has 3 aromatic rings. The van der Waals surface area contributed by atoms with Crippen LogP contribution in [-0.4, -0.2) is 48.2 Å². The smallest absolute Gasteiger partial charge is 0.239 e. The highest BCUT2D eigenvalue weighted by Gasteiger charge is 2.11. The molecule has 160 valence electrons. The van der Waals surface area contributed by atoms with Crippen LogP contribution in [0.25, 0.3) is 11.3 Å². The summed E-state index contributed by atoms with van der Waals surface area (Å²) in [5, 5.41) is 6.33. The molecule has 4 N–H and O–H groups in total. The second-order valence-electron chi connectivity index (χ2n) is 7.38. The van der Waals surface area contributed by atoms with Crippen molar-refractivity contribution < 1.29 is 9.53 Å². The van der Waals surface area contributed by atoms with E-state index >= 15 is 0 Å². The first-order valence-corrected chi connectivity index (χ1v) is 10.3. The van der Waals surface area contributed by atoms with Crippen LogP contribution < -0.4 is 21.3 Å². The third-order valence-corrected chi connectivity index (χ3v) is 5.15. The molecular weight excluding hydrogens is 392 g/mol. The van der Waals surface area contributed by atoms with Crippen LogP contribution in [0.2, 0.25) is 0 Å². The highest BCUT2D eigenvalue weighted by Crippen LogP contribution is 2.23. The minimum atomic E-state index is -0.435. The first-order valence-electron chi connectivity index (χ1n) is 10.3. The molecule has 0 bridgehead atoms. The molecule has 4 rings (SSSR count). The molecule has 1 aromatic heterocycles. The SMILES string of the molecule is C[C@H](Nc1ccc(-c2ccnc(Nc3ccc(N4CCOCC4)cc3)n2)cc1)C(N)=O. The van der Waals surface area contributed by atoms with Crippen molar-refractivity contribution >= 4 is 28.9 Å². The van der Waals surface area contributed by atoms with E-state index in [0.29, 0.717) is 5.95 Å². The molecule has 1 aliphatic rings. The average Bonchev–Trinajstić information content (AvgIpc) is 2.81. The summed E-state index contributed by atoms with van der Waals surface area (Å²) < 4.78 is 5.41. The summed E-state index contributed by atoms with van der Waals surface area (Å²) in [6, 6.07) is 17.4. The van der Waals surface area contributed by atoms with Gasteiger partial charge in [0.1, 0.15) is 6.04 Å². The van der Waals surface area contributed by atoms with Crippen LogP contribution in [0.15, 0.2) is 60.8 Å². The van der Waals surface area contributed by atoms with Crippen LogP contribution in [-0.2, 0) is 9.53 Å². The summed E-state index contributed by atoms with van der Waals surface area (Å²) in [7, 11) is 0. The lowest BCUT2D eigenvalue weighted by Crippen LogP contribution is -2.36. The van der Waals surface area contributed by atoms with Gasteiger partial charge >= 0.3 is 0 Å². The Labute approximate surface area is 181 Å². The number of morpholine rings is 1. The standard InChI is InChI=1S/C23H26N6O2/c1-16(22(24)30)26-18-4-2-17(3-5-18)21-10-11-25-23(28-21)27-19-6-8-20(9-7-19)29-12-14-31-15-13-29/h2-11,16,26H,12-15H2,1H3,(H2,24,30)(H,25,27,28)/t16-/m0/s1. The number of nitrogens with two attached hydrogens (primary N) is 1. The monoisotopic (exact) mass is 418 g/mol. The molecule has 8 nitrogen and oxygen atoms in total. The lowest BCUT2D eigenvalue weighted by molar-refractivity contribution is -0.118. The first kappa shape index (κ1) is 20.6. The Bertz CT molecular complexity index is 1020. The minimum Gasteiger partial charge on any atom is -0.378 e. The molecule has 0 aliphatic carbocycles. The van der Waals surface area contributed by atoms with E-state index in [4.69, 9.17) is 10.5 Å². The van der Waals surface area contributed by atoms with Crippen LogP contribution in [0, 0.1) is 0 Å². The number of anilines is 4. The Morgan fingerprint density at radius 3 is 2.39 bits per heavy atom. The number of hydrogen-bond acceptors (Lipinski definition) is 7. The number of benzene rings is 2. The minimum absolute atomic E-state index is 0.395. The molecule has 0 unspecified atom stereocenters. The molecule has 1 fully saturated rings. The second kappa shape index (κ2) is 9.44. The maximum absolute atomic E-state index is 11.2. The van der Waals surface area contributed by atoms with Crippen LogP contribution in [0.3, 0.4) is 0 Å². The number of carbonyl (C=O) groups is 1. The lowest BCUT2D eigenvalue weighted by Gasteiger charge is -2.28. The molecule has 0 saturated carbocycles.